The van der Waals surface area contributed by atoms with Crippen LogP contribution < -0.4 is 5.32 Å². The van der Waals surface area contributed by atoms with E-state index in [1.807, 2.05) is 12.3 Å². The largest absolute Gasteiger partial charge is 0.326 e. The molecule has 1 heterocycles. The molecular formula is C25H24F2N2O. The number of rotatable bonds is 3. The van der Waals surface area contributed by atoms with Crippen molar-refractivity contribution < 1.29 is 13.6 Å². The summed E-state index contributed by atoms with van der Waals surface area (Å²) in [6.45, 7) is 0. The van der Waals surface area contributed by atoms with E-state index in [9.17, 15) is 13.6 Å². The summed E-state index contributed by atoms with van der Waals surface area (Å²) in [7, 11) is 0. The number of fused-ring (bicyclic) bond motifs is 1. The molecule has 0 bridgehead atoms. The Morgan fingerprint density at radius 3 is 2.40 bits per heavy atom. The summed E-state index contributed by atoms with van der Waals surface area (Å²) in [5, 5.41) is 3.84. The molecule has 5 rings (SSSR count). The van der Waals surface area contributed by atoms with Crippen LogP contribution in [0.15, 0.2) is 54.7 Å². The molecule has 1 spiro atoms. The zero-order valence-corrected chi connectivity index (χ0v) is 16.7. The van der Waals surface area contributed by atoms with Crippen molar-refractivity contribution in [1.29, 1.82) is 0 Å². The van der Waals surface area contributed by atoms with Gasteiger partial charge in [0.05, 0.1) is 5.52 Å². The molecule has 2 fully saturated rings. The fraction of sp³-hybridized carbons (Fsp3) is 0.360. The highest BCUT2D eigenvalue weighted by molar-refractivity contribution is 5.92. The van der Waals surface area contributed by atoms with Gasteiger partial charge in [-0.1, -0.05) is 0 Å². The lowest BCUT2D eigenvalue weighted by molar-refractivity contribution is -0.122. The Kier molecular flexibility index (Phi) is 4.76. The Labute approximate surface area is 174 Å². The molecule has 0 atom stereocenters. The van der Waals surface area contributed by atoms with Crippen LogP contribution in [0.1, 0.15) is 50.0 Å². The van der Waals surface area contributed by atoms with Gasteiger partial charge in [-0.3, -0.25) is 9.78 Å². The second-order valence-electron chi connectivity index (χ2n) is 8.94. The van der Waals surface area contributed by atoms with Crippen molar-refractivity contribution in [3.8, 4) is 0 Å². The summed E-state index contributed by atoms with van der Waals surface area (Å²) in [4.78, 5) is 17.0. The maximum absolute atomic E-state index is 13.8. The average Bonchev–Trinajstić information content (AvgIpc) is 2.73. The Morgan fingerprint density at radius 1 is 0.967 bits per heavy atom. The van der Waals surface area contributed by atoms with Gasteiger partial charge in [-0.2, -0.15) is 0 Å². The first-order valence-electron chi connectivity index (χ1n) is 10.6. The molecule has 2 aliphatic carbocycles. The summed E-state index contributed by atoms with van der Waals surface area (Å²) in [5.74, 6) is -0.0595. The van der Waals surface area contributed by atoms with Crippen molar-refractivity contribution in [3.05, 3.63) is 71.9 Å². The Morgan fingerprint density at radius 2 is 1.67 bits per heavy atom. The standard InChI is InChI=1S/C25H24F2N2O/c26-18-1-4-20(5-2-18)29-24(30)16-7-10-25(11-8-16)14-17(15-25)21-9-12-28-23-6-3-19(27)13-22(21)23/h1-6,9,12-13,16-17H,7-8,10-11,14-15H2,(H,29,30). The average molecular weight is 406 g/mol. The van der Waals surface area contributed by atoms with Crippen molar-refractivity contribution >= 4 is 22.5 Å². The van der Waals surface area contributed by atoms with E-state index >= 15 is 0 Å². The maximum atomic E-state index is 13.8. The first-order chi connectivity index (χ1) is 14.5. The third-order valence-corrected chi connectivity index (χ3v) is 7.06. The molecule has 3 aromatic rings. The topological polar surface area (TPSA) is 42.0 Å². The van der Waals surface area contributed by atoms with E-state index in [0.29, 0.717) is 17.0 Å². The van der Waals surface area contributed by atoms with Gasteiger partial charge in [0.1, 0.15) is 11.6 Å². The van der Waals surface area contributed by atoms with E-state index in [2.05, 4.69) is 10.3 Å². The first kappa shape index (κ1) is 19.2. The van der Waals surface area contributed by atoms with Gasteiger partial charge < -0.3 is 5.32 Å². The lowest BCUT2D eigenvalue weighted by atomic mass is 9.53. The predicted molar refractivity (Wildman–Crippen MR) is 113 cm³/mol. The molecule has 154 valence electrons. The summed E-state index contributed by atoms with van der Waals surface area (Å²) < 4.78 is 26.8. The lowest BCUT2D eigenvalue weighted by Gasteiger charge is -2.52. The number of benzene rings is 2. The van der Waals surface area contributed by atoms with Crippen molar-refractivity contribution in [2.75, 3.05) is 5.32 Å². The zero-order valence-electron chi connectivity index (χ0n) is 16.7. The van der Waals surface area contributed by atoms with Crippen molar-refractivity contribution in [2.24, 2.45) is 11.3 Å². The Balaban J connectivity index is 1.21. The number of pyridine rings is 1. The van der Waals surface area contributed by atoms with Crippen LogP contribution in [-0.2, 0) is 4.79 Å². The molecule has 5 heteroatoms. The molecule has 1 amide bonds. The molecule has 1 aromatic heterocycles. The van der Waals surface area contributed by atoms with Crippen LogP contribution >= 0.6 is 0 Å². The molecule has 0 unspecified atom stereocenters. The maximum Gasteiger partial charge on any atom is 0.227 e. The van der Waals surface area contributed by atoms with Crippen molar-refractivity contribution in [1.82, 2.24) is 4.98 Å². The van der Waals surface area contributed by atoms with Gasteiger partial charge in [-0.05, 0) is 104 Å². The Bertz CT molecular complexity index is 1080. The predicted octanol–water partition coefficient (Wildman–Crippen LogP) is 6.21. The van der Waals surface area contributed by atoms with Gasteiger partial charge in [-0.15, -0.1) is 0 Å². The normalized spacial score (nSPS) is 25.8. The summed E-state index contributed by atoms with van der Waals surface area (Å²) >= 11 is 0. The van der Waals surface area contributed by atoms with E-state index in [0.717, 1.165) is 49.4 Å². The van der Waals surface area contributed by atoms with Crippen LogP contribution in [0.3, 0.4) is 0 Å². The minimum Gasteiger partial charge on any atom is -0.326 e. The summed E-state index contributed by atoms with van der Waals surface area (Å²) in [6, 6.07) is 12.7. The Hall–Kier alpha value is -2.82. The minimum atomic E-state index is -0.308. The SMILES string of the molecule is O=C(Nc1ccc(F)cc1)C1CCC2(CC1)CC(c1ccnc3ccc(F)cc13)C2. The second-order valence-corrected chi connectivity index (χ2v) is 8.94. The highest BCUT2D eigenvalue weighted by Crippen LogP contribution is 2.59. The van der Waals surface area contributed by atoms with E-state index in [4.69, 9.17) is 0 Å². The molecule has 1 N–H and O–H groups in total. The van der Waals surface area contributed by atoms with Crippen LogP contribution in [0.2, 0.25) is 0 Å². The quantitative estimate of drug-likeness (QED) is 0.562. The molecule has 30 heavy (non-hydrogen) atoms. The van der Waals surface area contributed by atoms with Gasteiger partial charge in [0.2, 0.25) is 5.91 Å². The zero-order chi connectivity index (χ0) is 20.7. The van der Waals surface area contributed by atoms with E-state index < -0.39 is 0 Å². The number of anilines is 1. The third-order valence-electron chi connectivity index (χ3n) is 7.06. The van der Waals surface area contributed by atoms with Crippen LogP contribution in [0.4, 0.5) is 14.5 Å². The minimum absolute atomic E-state index is 0.00980. The van der Waals surface area contributed by atoms with Crippen molar-refractivity contribution in [2.45, 2.75) is 44.4 Å². The van der Waals surface area contributed by atoms with Gasteiger partial charge in [0.25, 0.3) is 0 Å². The number of amides is 1. The van der Waals surface area contributed by atoms with Gasteiger partial charge in [-0.25, -0.2) is 8.78 Å². The van der Waals surface area contributed by atoms with Crippen LogP contribution in [0.25, 0.3) is 10.9 Å². The number of carbonyl (C=O) groups is 1. The molecule has 2 aliphatic rings. The smallest absolute Gasteiger partial charge is 0.227 e. The van der Waals surface area contributed by atoms with E-state index in [1.165, 1.54) is 23.8 Å². The van der Waals surface area contributed by atoms with E-state index in [1.54, 1.807) is 24.3 Å². The molecule has 2 saturated carbocycles. The molecule has 2 aromatic carbocycles. The third kappa shape index (κ3) is 3.57. The lowest BCUT2D eigenvalue weighted by Crippen LogP contribution is -2.41. The van der Waals surface area contributed by atoms with Crippen molar-refractivity contribution in [3.63, 3.8) is 0 Å². The fourth-order valence-corrected chi connectivity index (χ4v) is 5.38. The highest BCUT2D eigenvalue weighted by atomic mass is 19.1. The number of hydrogen-bond donors (Lipinski definition) is 1. The highest BCUT2D eigenvalue weighted by Gasteiger charge is 2.47. The number of halogens is 2. The monoisotopic (exact) mass is 406 g/mol. The molecule has 0 aliphatic heterocycles. The number of aromatic nitrogens is 1. The molecular weight excluding hydrogens is 382 g/mol. The van der Waals surface area contributed by atoms with Gasteiger partial charge in [0, 0.05) is 23.2 Å². The van der Waals surface area contributed by atoms with Gasteiger partial charge in [0.15, 0.2) is 0 Å². The number of hydrogen-bond acceptors (Lipinski definition) is 2. The summed E-state index contributed by atoms with van der Waals surface area (Å²) in [5.41, 5.74) is 2.99. The molecule has 3 nitrogen and oxygen atoms in total. The molecule has 0 saturated heterocycles. The second kappa shape index (κ2) is 7.46. The fourth-order valence-electron chi connectivity index (χ4n) is 5.38. The van der Waals surface area contributed by atoms with Crippen LogP contribution in [0, 0.1) is 23.0 Å². The van der Waals surface area contributed by atoms with Crippen LogP contribution in [-0.4, -0.2) is 10.9 Å². The van der Waals surface area contributed by atoms with Crippen LogP contribution in [0.5, 0.6) is 0 Å². The number of nitrogens with zero attached hydrogens (tertiary/aromatic N) is 1. The summed E-state index contributed by atoms with van der Waals surface area (Å²) in [6.07, 6.45) is 7.85. The van der Waals surface area contributed by atoms with Gasteiger partial charge >= 0.3 is 0 Å². The number of nitrogens with one attached hydrogen (secondary N) is 1. The first-order valence-corrected chi connectivity index (χ1v) is 10.6. The number of carbonyl (C=O) groups excluding carboxylic acids is 1. The molecule has 0 radical (unpaired) electrons. The van der Waals surface area contributed by atoms with E-state index in [-0.39, 0.29) is 23.5 Å².